The molecule has 0 bridgehead atoms. The summed E-state index contributed by atoms with van der Waals surface area (Å²) in [5.74, 6) is 1.56. The van der Waals surface area contributed by atoms with Crippen LogP contribution in [0.25, 0.3) is 0 Å². The van der Waals surface area contributed by atoms with Crippen LogP contribution in [0.15, 0.2) is 0 Å². The van der Waals surface area contributed by atoms with Gasteiger partial charge in [0.15, 0.2) is 0 Å². The van der Waals surface area contributed by atoms with Crippen molar-refractivity contribution in [2.75, 3.05) is 20.1 Å². The Labute approximate surface area is 88.8 Å². The summed E-state index contributed by atoms with van der Waals surface area (Å²) in [4.78, 5) is 2.47. The number of hydrogen-bond donors (Lipinski definition) is 1. The van der Waals surface area contributed by atoms with Crippen LogP contribution in [0, 0.1) is 11.8 Å². The van der Waals surface area contributed by atoms with Gasteiger partial charge in [0, 0.05) is 18.6 Å². The number of nitrogens with zero attached hydrogens (tertiary/aromatic N) is 1. The van der Waals surface area contributed by atoms with Crippen LogP contribution in [0.5, 0.6) is 0 Å². The molecular weight excluding hydrogens is 172 g/mol. The Morgan fingerprint density at radius 3 is 2.29 bits per heavy atom. The number of rotatable bonds is 5. The molecule has 0 aromatic heterocycles. The Morgan fingerprint density at radius 2 is 2.00 bits per heavy atom. The lowest BCUT2D eigenvalue weighted by Crippen LogP contribution is -2.55. The van der Waals surface area contributed by atoms with Crippen molar-refractivity contribution in [3.05, 3.63) is 0 Å². The molecule has 1 saturated carbocycles. The predicted octanol–water partition coefficient (Wildman–Crippen LogP) is 2.09. The largest absolute Gasteiger partial charge is 0.329 e. The molecule has 0 radical (unpaired) electrons. The number of nitrogens with two attached hydrogens (primary N) is 1. The molecular formula is C12H26N2. The zero-order valence-electron chi connectivity index (χ0n) is 10.2. The monoisotopic (exact) mass is 198 g/mol. The van der Waals surface area contributed by atoms with E-state index >= 15 is 0 Å². The molecule has 0 aromatic rings. The van der Waals surface area contributed by atoms with Gasteiger partial charge in [0.05, 0.1) is 0 Å². The van der Waals surface area contributed by atoms with E-state index in [-0.39, 0.29) is 5.54 Å². The van der Waals surface area contributed by atoms with E-state index in [1.165, 1.54) is 25.8 Å². The fourth-order valence-electron chi connectivity index (χ4n) is 2.10. The van der Waals surface area contributed by atoms with Gasteiger partial charge >= 0.3 is 0 Å². The maximum Gasteiger partial charge on any atom is 0.0323 e. The van der Waals surface area contributed by atoms with E-state index in [1.807, 2.05) is 0 Å². The van der Waals surface area contributed by atoms with Gasteiger partial charge in [-0.15, -0.1) is 0 Å². The van der Waals surface area contributed by atoms with E-state index in [0.29, 0.717) is 5.92 Å². The first-order valence-electron chi connectivity index (χ1n) is 5.92. The fourth-order valence-corrected chi connectivity index (χ4v) is 2.10. The molecule has 0 heterocycles. The Hall–Kier alpha value is -0.0800. The normalized spacial score (nSPS) is 22.5. The molecule has 1 aliphatic rings. The van der Waals surface area contributed by atoms with E-state index < -0.39 is 0 Å². The standard InChI is InChI=1S/C12H26N2/c1-10(2)12(3,9-13)14(4)8-11-6-5-7-11/h10-11H,5-9,13H2,1-4H3. The van der Waals surface area contributed by atoms with Gasteiger partial charge in [0.25, 0.3) is 0 Å². The molecule has 0 spiro atoms. The molecule has 1 rings (SSSR count). The lowest BCUT2D eigenvalue weighted by molar-refractivity contribution is 0.0625. The van der Waals surface area contributed by atoms with E-state index in [0.717, 1.165) is 12.5 Å². The zero-order chi connectivity index (χ0) is 10.8. The molecule has 2 N–H and O–H groups in total. The first-order valence-corrected chi connectivity index (χ1v) is 5.92. The fraction of sp³-hybridized carbons (Fsp3) is 1.00. The van der Waals surface area contributed by atoms with Gasteiger partial charge < -0.3 is 5.73 Å². The molecule has 1 aliphatic carbocycles. The topological polar surface area (TPSA) is 29.3 Å². The Bertz CT molecular complexity index is 175. The summed E-state index contributed by atoms with van der Waals surface area (Å²) in [6.45, 7) is 8.81. The van der Waals surface area contributed by atoms with Crippen LogP contribution in [0.2, 0.25) is 0 Å². The first-order chi connectivity index (χ1) is 6.50. The van der Waals surface area contributed by atoms with Crippen LogP contribution in [0.3, 0.4) is 0 Å². The van der Waals surface area contributed by atoms with Crippen LogP contribution in [0.4, 0.5) is 0 Å². The van der Waals surface area contributed by atoms with Crippen molar-refractivity contribution in [3.63, 3.8) is 0 Å². The second kappa shape index (κ2) is 4.63. The van der Waals surface area contributed by atoms with Gasteiger partial charge in [0.1, 0.15) is 0 Å². The van der Waals surface area contributed by atoms with Crippen molar-refractivity contribution in [2.45, 2.75) is 45.6 Å². The quantitative estimate of drug-likeness (QED) is 0.733. The van der Waals surface area contributed by atoms with Crippen LogP contribution >= 0.6 is 0 Å². The molecule has 14 heavy (non-hydrogen) atoms. The summed E-state index contributed by atoms with van der Waals surface area (Å²) < 4.78 is 0. The molecule has 1 fully saturated rings. The van der Waals surface area contributed by atoms with Crippen molar-refractivity contribution in [1.82, 2.24) is 4.90 Å². The summed E-state index contributed by atoms with van der Waals surface area (Å²) >= 11 is 0. The molecule has 0 aromatic carbocycles. The van der Waals surface area contributed by atoms with Crippen molar-refractivity contribution < 1.29 is 0 Å². The molecule has 2 nitrogen and oxygen atoms in total. The van der Waals surface area contributed by atoms with E-state index in [4.69, 9.17) is 5.73 Å². The molecule has 2 heteroatoms. The van der Waals surface area contributed by atoms with Gasteiger partial charge in [-0.3, -0.25) is 4.90 Å². The third kappa shape index (κ3) is 2.29. The minimum absolute atomic E-state index is 0.176. The second-order valence-electron chi connectivity index (χ2n) is 5.39. The smallest absolute Gasteiger partial charge is 0.0323 e. The van der Waals surface area contributed by atoms with Gasteiger partial charge in [-0.25, -0.2) is 0 Å². The molecule has 1 atom stereocenters. The molecule has 84 valence electrons. The predicted molar refractivity (Wildman–Crippen MR) is 62.3 cm³/mol. The summed E-state index contributed by atoms with van der Waals surface area (Å²) in [5.41, 5.74) is 6.08. The highest BCUT2D eigenvalue weighted by Crippen LogP contribution is 2.30. The minimum atomic E-state index is 0.176. The van der Waals surface area contributed by atoms with Crippen LogP contribution in [0.1, 0.15) is 40.0 Å². The average Bonchev–Trinajstić information content (AvgIpc) is 2.09. The Balaban J connectivity index is 2.49. The van der Waals surface area contributed by atoms with Crippen molar-refractivity contribution in [3.8, 4) is 0 Å². The van der Waals surface area contributed by atoms with Gasteiger partial charge in [-0.2, -0.15) is 0 Å². The van der Waals surface area contributed by atoms with Gasteiger partial charge in [-0.1, -0.05) is 20.3 Å². The number of likely N-dealkylation sites (N-methyl/N-ethyl adjacent to an activating group) is 1. The summed E-state index contributed by atoms with van der Waals surface area (Å²) in [6, 6.07) is 0. The first kappa shape index (κ1) is 12.0. The maximum absolute atomic E-state index is 5.90. The van der Waals surface area contributed by atoms with E-state index in [1.54, 1.807) is 0 Å². The molecule has 0 aliphatic heterocycles. The van der Waals surface area contributed by atoms with Crippen molar-refractivity contribution in [2.24, 2.45) is 17.6 Å². The van der Waals surface area contributed by atoms with Crippen molar-refractivity contribution >= 4 is 0 Å². The van der Waals surface area contributed by atoms with E-state index in [9.17, 15) is 0 Å². The highest BCUT2D eigenvalue weighted by Gasteiger charge is 2.33. The molecule has 0 amide bonds. The van der Waals surface area contributed by atoms with Crippen LogP contribution in [-0.4, -0.2) is 30.6 Å². The number of hydrogen-bond acceptors (Lipinski definition) is 2. The highest BCUT2D eigenvalue weighted by molar-refractivity contribution is 4.90. The zero-order valence-corrected chi connectivity index (χ0v) is 10.2. The molecule has 0 saturated heterocycles. The second-order valence-corrected chi connectivity index (χ2v) is 5.39. The molecule has 1 unspecified atom stereocenters. The Kier molecular flexibility index (Phi) is 3.96. The summed E-state index contributed by atoms with van der Waals surface area (Å²) in [7, 11) is 2.23. The Morgan fingerprint density at radius 1 is 1.43 bits per heavy atom. The van der Waals surface area contributed by atoms with Gasteiger partial charge in [0.2, 0.25) is 0 Å². The summed E-state index contributed by atoms with van der Waals surface area (Å²) in [5, 5.41) is 0. The van der Waals surface area contributed by atoms with E-state index in [2.05, 4.69) is 32.7 Å². The van der Waals surface area contributed by atoms with Gasteiger partial charge in [-0.05, 0) is 38.6 Å². The minimum Gasteiger partial charge on any atom is -0.329 e. The average molecular weight is 198 g/mol. The van der Waals surface area contributed by atoms with Crippen molar-refractivity contribution in [1.29, 1.82) is 0 Å². The highest BCUT2D eigenvalue weighted by atomic mass is 15.2. The lowest BCUT2D eigenvalue weighted by Gasteiger charge is -2.44. The summed E-state index contributed by atoms with van der Waals surface area (Å²) in [6.07, 6.45) is 4.27. The SMILES string of the molecule is CC(C)C(C)(CN)N(C)CC1CCC1. The lowest BCUT2D eigenvalue weighted by atomic mass is 9.81. The third-order valence-electron chi connectivity index (χ3n) is 4.29. The maximum atomic E-state index is 5.90. The third-order valence-corrected chi connectivity index (χ3v) is 4.29. The van der Waals surface area contributed by atoms with Crippen LogP contribution < -0.4 is 5.73 Å². The van der Waals surface area contributed by atoms with Crippen LogP contribution in [-0.2, 0) is 0 Å².